The summed E-state index contributed by atoms with van der Waals surface area (Å²) in [5, 5.41) is 3.45. The Hall–Kier alpha value is -1.36. The number of amides is 1. The van der Waals surface area contributed by atoms with Gasteiger partial charge in [0.2, 0.25) is 5.91 Å². The molecule has 5 nitrogen and oxygen atoms in total. The summed E-state index contributed by atoms with van der Waals surface area (Å²) < 4.78 is 2.13. The van der Waals surface area contributed by atoms with Gasteiger partial charge in [-0.15, -0.1) is 0 Å². The van der Waals surface area contributed by atoms with Crippen molar-refractivity contribution in [3.05, 3.63) is 18.2 Å². The Morgan fingerprint density at radius 2 is 2.39 bits per heavy atom. The van der Waals surface area contributed by atoms with Crippen molar-refractivity contribution in [1.29, 1.82) is 0 Å². The van der Waals surface area contributed by atoms with E-state index in [0.29, 0.717) is 11.9 Å². The molecule has 1 aliphatic heterocycles. The molecule has 18 heavy (non-hydrogen) atoms. The number of rotatable bonds is 6. The van der Waals surface area contributed by atoms with E-state index in [-0.39, 0.29) is 0 Å². The topological polar surface area (TPSA) is 50.2 Å². The van der Waals surface area contributed by atoms with Crippen molar-refractivity contribution in [2.24, 2.45) is 0 Å². The van der Waals surface area contributed by atoms with Gasteiger partial charge in [-0.25, -0.2) is 4.98 Å². The van der Waals surface area contributed by atoms with E-state index < -0.39 is 0 Å². The van der Waals surface area contributed by atoms with Gasteiger partial charge in [-0.3, -0.25) is 4.79 Å². The third kappa shape index (κ3) is 3.10. The predicted molar refractivity (Wildman–Crippen MR) is 70.0 cm³/mol. The van der Waals surface area contributed by atoms with Crippen LogP contribution >= 0.6 is 0 Å². The molecule has 0 aromatic carbocycles. The lowest BCUT2D eigenvalue weighted by Gasteiger charge is -2.21. The monoisotopic (exact) mass is 250 g/mol. The van der Waals surface area contributed by atoms with E-state index in [9.17, 15) is 4.79 Å². The Labute approximate surface area is 108 Å². The van der Waals surface area contributed by atoms with Crippen LogP contribution < -0.4 is 5.32 Å². The predicted octanol–water partition coefficient (Wildman–Crippen LogP) is 1.00. The van der Waals surface area contributed by atoms with Gasteiger partial charge >= 0.3 is 0 Å². The molecule has 1 saturated heterocycles. The van der Waals surface area contributed by atoms with Crippen LogP contribution in [-0.4, -0.2) is 39.5 Å². The van der Waals surface area contributed by atoms with Gasteiger partial charge in [0, 0.05) is 44.8 Å². The third-order valence-corrected chi connectivity index (χ3v) is 3.44. The van der Waals surface area contributed by atoms with Crippen LogP contribution in [0.2, 0.25) is 0 Å². The first-order chi connectivity index (χ1) is 8.70. The number of carbonyl (C=O) groups is 1. The fourth-order valence-corrected chi connectivity index (χ4v) is 2.35. The maximum Gasteiger partial charge on any atom is 0.222 e. The lowest BCUT2D eigenvalue weighted by atomic mass is 10.3. The highest BCUT2D eigenvalue weighted by Gasteiger charge is 2.21. The van der Waals surface area contributed by atoms with Crippen LogP contribution in [0.3, 0.4) is 0 Å². The quantitative estimate of drug-likeness (QED) is 0.819. The Morgan fingerprint density at radius 3 is 3.06 bits per heavy atom. The largest absolute Gasteiger partial charge is 0.341 e. The molecule has 100 valence electrons. The van der Waals surface area contributed by atoms with E-state index in [1.807, 2.05) is 17.4 Å². The number of aromatic nitrogens is 2. The fraction of sp³-hybridized carbons (Fsp3) is 0.692. The Morgan fingerprint density at radius 1 is 1.56 bits per heavy atom. The van der Waals surface area contributed by atoms with Crippen LogP contribution in [0, 0.1) is 0 Å². The molecule has 0 spiro atoms. The van der Waals surface area contributed by atoms with Gasteiger partial charge in [0.15, 0.2) is 0 Å². The summed E-state index contributed by atoms with van der Waals surface area (Å²) in [4.78, 5) is 17.6. The molecule has 1 atom stereocenters. The van der Waals surface area contributed by atoms with Crippen molar-refractivity contribution in [1.82, 2.24) is 19.8 Å². The van der Waals surface area contributed by atoms with Gasteiger partial charge in [0.05, 0.1) is 12.0 Å². The van der Waals surface area contributed by atoms with Crippen LogP contribution in [-0.2, 0) is 17.9 Å². The first kappa shape index (κ1) is 13.1. The highest BCUT2D eigenvalue weighted by molar-refractivity contribution is 5.78. The minimum absolute atomic E-state index is 0.294. The zero-order chi connectivity index (χ0) is 13.0. The summed E-state index contributed by atoms with van der Waals surface area (Å²) in [7, 11) is 0. The Kier molecular flexibility index (Phi) is 4.36. The highest BCUT2D eigenvalue weighted by atomic mass is 16.2. The number of likely N-dealkylation sites (tertiary alicyclic amines) is 1. The summed E-state index contributed by atoms with van der Waals surface area (Å²) in [5.41, 5.74) is 1.19. The summed E-state index contributed by atoms with van der Waals surface area (Å²) in [6.45, 7) is 7.69. The van der Waals surface area contributed by atoms with Crippen LogP contribution in [0.15, 0.2) is 12.5 Å². The fourth-order valence-electron chi connectivity index (χ4n) is 2.35. The molecule has 2 heterocycles. The number of carbonyl (C=O) groups excluding carboxylic acids is 1. The number of hydrogen-bond donors (Lipinski definition) is 1. The van der Waals surface area contributed by atoms with E-state index in [2.05, 4.69) is 28.7 Å². The van der Waals surface area contributed by atoms with Crippen molar-refractivity contribution in [3.63, 3.8) is 0 Å². The number of nitrogens with zero attached hydrogens (tertiary/aromatic N) is 3. The molecule has 2 rings (SSSR count). The lowest BCUT2D eigenvalue weighted by molar-refractivity contribution is -0.127. The third-order valence-electron chi connectivity index (χ3n) is 3.44. The van der Waals surface area contributed by atoms with Crippen LogP contribution in [0.25, 0.3) is 0 Å². The van der Waals surface area contributed by atoms with Gasteiger partial charge in [0.25, 0.3) is 0 Å². The molecule has 1 fully saturated rings. The van der Waals surface area contributed by atoms with E-state index in [4.69, 9.17) is 0 Å². The first-order valence-electron chi connectivity index (χ1n) is 6.71. The molecule has 0 bridgehead atoms. The van der Waals surface area contributed by atoms with Crippen LogP contribution in [0.5, 0.6) is 0 Å². The smallest absolute Gasteiger partial charge is 0.222 e. The second-order valence-electron chi connectivity index (χ2n) is 4.90. The maximum absolute atomic E-state index is 11.5. The SMILES string of the molecule is CCn1cncc1CNC(C)CN1CCCC1=O. The molecule has 1 amide bonds. The Balaban J connectivity index is 1.77. The summed E-state index contributed by atoms with van der Waals surface area (Å²) in [6.07, 6.45) is 5.47. The van der Waals surface area contributed by atoms with Crippen molar-refractivity contribution in [3.8, 4) is 0 Å². The van der Waals surface area contributed by atoms with Crippen molar-refractivity contribution < 1.29 is 4.79 Å². The van der Waals surface area contributed by atoms with Gasteiger partial charge in [-0.1, -0.05) is 0 Å². The van der Waals surface area contributed by atoms with Crippen molar-refractivity contribution in [2.75, 3.05) is 13.1 Å². The van der Waals surface area contributed by atoms with Gasteiger partial charge in [0.1, 0.15) is 0 Å². The summed E-state index contributed by atoms with van der Waals surface area (Å²) in [5.74, 6) is 0.294. The molecule has 1 aromatic heterocycles. The summed E-state index contributed by atoms with van der Waals surface area (Å²) >= 11 is 0. The first-order valence-corrected chi connectivity index (χ1v) is 6.71. The van der Waals surface area contributed by atoms with E-state index in [1.165, 1.54) is 5.69 Å². The molecule has 1 unspecified atom stereocenters. The number of imidazole rings is 1. The molecular formula is C13H22N4O. The van der Waals surface area contributed by atoms with E-state index >= 15 is 0 Å². The van der Waals surface area contributed by atoms with Crippen LogP contribution in [0.4, 0.5) is 0 Å². The van der Waals surface area contributed by atoms with Gasteiger partial charge in [-0.05, 0) is 20.3 Å². The maximum atomic E-state index is 11.5. The number of nitrogens with one attached hydrogen (secondary N) is 1. The molecule has 1 aliphatic rings. The minimum atomic E-state index is 0.294. The Bertz CT molecular complexity index is 401. The molecule has 1 aromatic rings. The van der Waals surface area contributed by atoms with Crippen molar-refractivity contribution >= 4 is 5.91 Å². The van der Waals surface area contributed by atoms with Crippen molar-refractivity contribution in [2.45, 2.75) is 45.8 Å². The molecule has 0 aliphatic carbocycles. The van der Waals surface area contributed by atoms with E-state index in [0.717, 1.165) is 39.0 Å². The number of aryl methyl sites for hydroxylation is 1. The standard InChI is InChI=1S/C13H22N4O/c1-3-16-10-14-7-12(16)8-15-11(2)9-17-6-4-5-13(17)18/h7,10-11,15H,3-6,8-9H2,1-2H3. The second kappa shape index (κ2) is 6.00. The van der Waals surface area contributed by atoms with E-state index in [1.54, 1.807) is 0 Å². The molecular weight excluding hydrogens is 228 g/mol. The summed E-state index contributed by atoms with van der Waals surface area (Å²) in [6, 6.07) is 0.312. The van der Waals surface area contributed by atoms with Gasteiger partial charge in [-0.2, -0.15) is 0 Å². The zero-order valence-corrected chi connectivity index (χ0v) is 11.2. The average molecular weight is 250 g/mol. The highest BCUT2D eigenvalue weighted by Crippen LogP contribution is 2.10. The molecule has 1 N–H and O–H groups in total. The average Bonchev–Trinajstić information content (AvgIpc) is 2.96. The molecule has 0 saturated carbocycles. The lowest BCUT2D eigenvalue weighted by Crippen LogP contribution is -2.39. The number of hydrogen-bond acceptors (Lipinski definition) is 3. The zero-order valence-electron chi connectivity index (χ0n) is 11.2. The normalized spacial score (nSPS) is 17.4. The minimum Gasteiger partial charge on any atom is -0.341 e. The van der Waals surface area contributed by atoms with Gasteiger partial charge < -0.3 is 14.8 Å². The van der Waals surface area contributed by atoms with Crippen LogP contribution in [0.1, 0.15) is 32.4 Å². The molecule has 5 heteroatoms. The molecule has 0 radical (unpaired) electrons. The second-order valence-corrected chi connectivity index (χ2v) is 4.90.